The van der Waals surface area contributed by atoms with E-state index in [1.807, 2.05) is 12.1 Å². The molecule has 0 fully saturated rings. The number of methoxy groups -OCH3 is 1. The van der Waals surface area contributed by atoms with Crippen LogP contribution in [0.1, 0.15) is 25.0 Å². The maximum Gasteiger partial charge on any atom is 0.123 e. The summed E-state index contributed by atoms with van der Waals surface area (Å²) < 4.78 is 8.67. The van der Waals surface area contributed by atoms with Crippen LogP contribution in [0, 0.1) is 0 Å². The van der Waals surface area contributed by atoms with Crippen LogP contribution >= 0.6 is 15.9 Å². The minimum Gasteiger partial charge on any atom is -0.496 e. The van der Waals surface area contributed by atoms with Crippen molar-refractivity contribution in [3.05, 3.63) is 52.3 Å². The second kappa shape index (κ2) is 6.95. The fourth-order valence-electron chi connectivity index (χ4n) is 2.08. The molecule has 1 N–H and O–H groups in total. The molecule has 0 aliphatic carbocycles. The summed E-state index contributed by atoms with van der Waals surface area (Å²) in [6.07, 6.45) is 4.29. The lowest BCUT2D eigenvalue weighted by Gasteiger charge is -2.10. The molecule has 0 aliphatic heterocycles. The average Bonchev–Trinajstić information content (AvgIpc) is 2.84. The topological polar surface area (TPSA) is 26.2 Å². The number of rotatable bonds is 6. The Morgan fingerprint density at radius 1 is 1.30 bits per heavy atom. The lowest BCUT2D eigenvalue weighted by atomic mass is 10.2. The number of hydrogen-bond donors (Lipinski definition) is 1. The van der Waals surface area contributed by atoms with Gasteiger partial charge in [-0.05, 0) is 29.8 Å². The summed E-state index contributed by atoms with van der Waals surface area (Å²) in [6, 6.07) is 8.74. The Hall–Kier alpha value is -1.26. The van der Waals surface area contributed by atoms with Crippen molar-refractivity contribution < 1.29 is 4.74 Å². The summed E-state index contributed by atoms with van der Waals surface area (Å²) in [5, 5.41) is 3.43. The first-order valence-corrected chi connectivity index (χ1v) is 7.58. The van der Waals surface area contributed by atoms with Crippen molar-refractivity contribution in [2.75, 3.05) is 7.11 Å². The van der Waals surface area contributed by atoms with E-state index in [0.717, 1.165) is 23.3 Å². The van der Waals surface area contributed by atoms with Gasteiger partial charge < -0.3 is 14.6 Å². The predicted molar refractivity (Wildman–Crippen MR) is 86.2 cm³/mol. The zero-order valence-corrected chi connectivity index (χ0v) is 13.8. The maximum absolute atomic E-state index is 5.41. The van der Waals surface area contributed by atoms with Crippen LogP contribution in [0.4, 0.5) is 0 Å². The van der Waals surface area contributed by atoms with Gasteiger partial charge in [-0.15, -0.1) is 0 Å². The third-order valence-electron chi connectivity index (χ3n) is 3.12. The van der Waals surface area contributed by atoms with Crippen LogP contribution in [-0.4, -0.2) is 17.7 Å². The van der Waals surface area contributed by atoms with Gasteiger partial charge in [0.15, 0.2) is 0 Å². The molecule has 1 aromatic heterocycles. The summed E-state index contributed by atoms with van der Waals surface area (Å²) in [5.41, 5.74) is 2.47. The van der Waals surface area contributed by atoms with Crippen LogP contribution in [0.25, 0.3) is 0 Å². The molecule has 2 rings (SSSR count). The standard InChI is InChI=1S/C16H21BrN2O/c1-12(2)18-9-13-6-7-19(10-13)11-14-8-15(17)4-5-16(14)20-3/h4-8,10,12,18H,9,11H2,1-3H3. The molecule has 0 atom stereocenters. The quantitative estimate of drug-likeness (QED) is 0.868. The molecule has 0 spiro atoms. The highest BCUT2D eigenvalue weighted by Gasteiger charge is 2.05. The van der Waals surface area contributed by atoms with Gasteiger partial charge in [0.2, 0.25) is 0 Å². The Labute approximate surface area is 129 Å². The van der Waals surface area contributed by atoms with E-state index in [2.05, 4.69) is 64.2 Å². The predicted octanol–water partition coefficient (Wildman–Crippen LogP) is 3.81. The lowest BCUT2D eigenvalue weighted by molar-refractivity contribution is 0.408. The van der Waals surface area contributed by atoms with Crippen LogP contribution in [0.15, 0.2) is 41.1 Å². The molecule has 0 radical (unpaired) electrons. The van der Waals surface area contributed by atoms with Gasteiger partial charge in [-0.2, -0.15) is 0 Å². The molecular formula is C16H21BrN2O. The molecular weight excluding hydrogens is 316 g/mol. The fraction of sp³-hybridized carbons (Fsp3) is 0.375. The number of ether oxygens (including phenoxy) is 1. The monoisotopic (exact) mass is 336 g/mol. The highest BCUT2D eigenvalue weighted by atomic mass is 79.9. The van der Waals surface area contributed by atoms with Gasteiger partial charge in [-0.1, -0.05) is 29.8 Å². The van der Waals surface area contributed by atoms with E-state index in [4.69, 9.17) is 4.74 Å². The number of halogens is 1. The molecule has 0 aliphatic rings. The molecule has 2 aromatic rings. The Bertz CT molecular complexity index is 563. The summed E-state index contributed by atoms with van der Waals surface area (Å²) in [7, 11) is 1.71. The van der Waals surface area contributed by atoms with Crippen molar-refractivity contribution in [1.82, 2.24) is 9.88 Å². The van der Waals surface area contributed by atoms with E-state index >= 15 is 0 Å². The average molecular weight is 337 g/mol. The van der Waals surface area contributed by atoms with Gasteiger partial charge >= 0.3 is 0 Å². The molecule has 108 valence electrons. The number of aromatic nitrogens is 1. The molecule has 3 nitrogen and oxygen atoms in total. The van der Waals surface area contributed by atoms with Gasteiger partial charge in [0.1, 0.15) is 5.75 Å². The summed E-state index contributed by atoms with van der Waals surface area (Å²) in [6.45, 7) is 6.03. The fourth-order valence-corrected chi connectivity index (χ4v) is 2.49. The molecule has 1 aromatic carbocycles. The SMILES string of the molecule is COc1ccc(Br)cc1Cn1ccc(CNC(C)C)c1. The Morgan fingerprint density at radius 2 is 2.10 bits per heavy atom. The van der Waals surface area contributed by atoms with Crippen molar-refractivity contribution in [1.29, 1.82) is 0 Å². The smallest absolute Gasteiger partial charge is 0.123 e. The van der Waals surface area contributed by atoms with Crippen LogP contribution < -0.4 is 10.1 Å². The second-order valence-electron chi connectivity index (χ2n) is 5.18. The van der Waals surface area contributed by atoms with Gasteiger partial charge in [-0.3, -0.25) is 0 Å². The van der Waals surface area contributed by atoms with E-state index in [9.17, 15) is 0 Å². The zero-order valence-electron chi connectivity index (χ0n) is 12.2. The molecule has 0 amide bonds. The van der Waals surface area contributed by atoms with Crippen molar-refractivity contribution in [2.24, 2.45) is 0 Å². The van der Waals surface area contributed by atoms with Crippen LogP contribution in [-0.2, 0) is 13.1 Å². The minimum atomic E-state index is 0.503. The van der Waals surface area contributed by atoms with Gasteiger partial charge in [-0.25, -0.2) is 0 Å². The maximum atomic E-state index is 5.41. The van der Waals surface area contributed by atoms with E-state index in [0.29, 0.717) is 6.04 Å². The molecule has 0 saturated heterocycles. The third kappa shape index (κ3) is 4.12. The highest BCUT2D eigenvalue weighted by molar-refractivity contribution is 9.10. The van der Waals surface area contributed by atoms with Gasteiger partial charge in [0.25, 0.3) is 0 Å². The van der Waals surface area contributed by atoms with Crippen molar-refractivity contribution in [2.45, 2.75) is 33.0 Å². The third-order valence-corrected chi connectivity index (χ3v) is 3.61. The van der Waals surface area contributed by atoms with E-state index in [1.54, 1.807) is 7.11 Å². The van der Waals surface area contributed by atoms with Crippen LogP contribution in [0.3, 0.4) is 0 Å². The number of hydrogen-bond acceptors (Lipinski definition) is 2. The Morgan fingerprint density at radius 3 is 2.80 bits per heavy atom. The zero-order chi connectivity index (χ0) is 14.5. The Kier molecular flexibility index (Phi) is 5.26. The van der Waals surface area contributed by atoms with Crippen molar-refractivity contribution >= 4 is 15.9 Å². The molecule has 0 bridgehead atoms. The largest absolute Gasteiger partial charge is 0.496 e. The summed E-state index contributed by atoms with van der Waals surface area (Å²) in [4.78, 5) is 0. The number of nitrogens with one attached hydrogen (secondary N) is 1. The minimum absolute atomic E-state index is 0.503. The summed E-state index contributed by atoms with van der Waals surface area (Å²) in [5.74, 6) is 0.920. The number of benzene rings is 1. The van der Waals surface area contributed by atoms with Gasteiger partial charge in [0.05, 0.1) is 13.7 Å². The first kappa shape index (κ1) is 15.1. The molecule has 4 heteroatoms. The molecule has 20 heavy (non-hydrogen) atoms. The van der Waals surface area contributed by atoms with E-state index in [1.165, 1.54) is 11.1 Å². The highest BCUT2D eigenvalue weighted by Crippen LogP contribution is 2.24. The first-order valence-electron chi connectivity index (χ1n) is 6.79. The molecule has 1 heterocycles. The summed E-state index contributed by atoms with van der Waals surface area (Å²) >= 11 is 3.51. The lowest BCUT2D eigenvalue weighted by Crippen LogP contribution is -2.21. The van der Waals surface area contributed by atoms with E-state index < -0.39 is 0 Å². The first-order chi connectivity index (χ1) is 9.58. The van der Waals surface area contributed by atoms with Gasteiger partial charge in [0, 0.05) is 35.0 Å². The molecule has 0 unspecified atom stereocenters. The van der Waals surface area contributed by atoms with Crippen LogP contribution in [0.2, 0.25) is 0 Å². The molecule has 0 saturated carbocycles. The Balaban J connectivity index is 2.08. The normalized spacial score (nSPS) is 11.1. The van der Waals surface area contributed by atoms with Crippen molar-refractivity contribution in [3.8, 4) is 5.75 Å². The van der Waals surface area contributed by atoms with Crippen molar-refractivity contribution in [3.63, 3.8) is 0 Å². The number of nitrogens with zero attached hydrogens (tertiary/aromatic N) is 1. The van der Waals surface area contributed by atoms with E-state index in [-0.39, 0.29) is 0 Å². The van der Waals surface area contributed by atoms with Crippen LogP contribution in [0.5, 0.6) is 5.75 Å². The second-order valence-corrected chi connectivity index (χ2v) is 6.10.